The van der Waals surface area contributed by atoms with E-state index < -0.39 is 17.7 Å². The second kappa shape index (κ2) is 7.19. The lowest BCUT2D eigenvalue weighted by molar-refractivity contribution is -0.120. The summed E-state index contributed by atoms with van der Waals surface area (Å²) in [6.07, 6.45) is 0. The fourth-order valence-electron chi connectivity index (χ4n) is 1.59. The van der Waals surface area contributed by atoms with Gasteiger partial charge in [0, 0.05) is 18.2 Å². The predicted octanol–water partition coefficient (Wildman–Crippen LogP) is 2.39. The lowest BCUT2D eigenvalue weighted by Gasteiger charge is -2.15. The number of carbonyl (C=O) groups is 1. The molecule has 1 aromatic carbocycles. The van der Waals surface area contributed by atoms with Crippen molar-refractivity contribution in [1.82, 2.24) is 10.6 Å². The van der Waals surface area contributed by atoms with Crippen LogP contribution in [0.25, 0.3) is 0 Å². The van der Waals surface area contributed by atoms with Crippen molar-refractivity contribution in [3.63, 3.8) is 0 Å². The molecule has 0 aliphatic heterocycles. The first kappa shape index (κ1) is 15.6. The Balaban J connectivity index is 2.49. The summed E-state index contributed by atoms with van der Waals surface area (Å²) in [5.41, 5.74) is 0.219. The molecule has 1 atom stereocenters. The Bertz CT molecular complexity index is 435. The van der Waals surface area contributed by atoms with Gasteiger partial charge in [-0.15, -0.1) is 0 Å². The van der Waals surface area contributed by atoms with Crippen LogP contribution in [0.4, 0.5) is 8.78 Å². The van der Waals surface area contributed by atoms with Crippen LogP contribution in [0.3, 0.4) is 0 Å². The van der Waals surface area contributed by atoms with E-state index in [0.29, 0.717) is 12.5 Å². The van der Waals surface area contributed by atoms with Crippen LogP contribution >= 0.6 is 0 Å². The number of carbonyl (C=O) groups excluding carboxylic acids is 1. The van der Waals surface area contributed by atoms with Gasteiger partial charge >= 0.3 is 0 Å². The van der Waals surface area contributed by atoms with Gasteiger partial charge in [0.2, 0.25) is 5.91 Å². The van der Waals surface area contributed by atoms with Crippen LogP contribution in [-0.4, -0.2) is 19.0 Å². The molecule has 1 amide bonds. The van der Waals surface area contributed by atoms with Crippen LogP contribution in [0.1, 0.15) is 32.4 Å². The minimum absolute atomic E-state index is 0.0733. The molecule has 2 N–H and O–H groups in total. The second-order valence-electron chi connectivity index (χ2n) is 4.94. The Morgan fingerprint density at radius 1 is 1.26 bits per heavy atom. The van der Waals surface area contributed by atoms with Crippen LogP contribution in [0, 0.1) is 17.6 Å². The molecule has 0 aromatic heterocycles. The first-order valence-corrected chi connectivity index (χ1v) is 6.35. The van der Waals surface area contributed by atoms with Crippen LogP contribution in [0.2, 0.25) is 0 Å². The summed E-state index contributed by atoms with van der Waals surface area (Å²) in [6.45, 7) is 6.36. The highest BCUT2D eigenvalue weighted by Gasteiger charge is 2.14. The summed E-state index contributed by atoms with van der Waals surface area (Å²) in [5, 5.41) is 5.62. The monoisotopic (exact) mass is 270 g/mol. The molecule has 19 heavy (non-hydrogen) atoms. The third kappa shape index (κ3) is 4.95. The number of rotatable bonds is 6. The van der Waals surface area contributed by atoms with Gasteiger partial charge < -0.3 is 10.6 Å². The molecule has 0 fully saturated rings. The smallest absolute Gasteiger partial charge is 0.233 e. The molecule has 0 saturated carbocycles. The molecule has 1 aromatic rings. The van der Waals surface area contributed by atoms with Gasteiger partial charge in [0.1, 0.15) is 0 Å². The van der Waals surface area contributed by atoms with Crippen molar-refractivity contribution in [3.8, 4) is 0 Å². The highest BCUT2D eigenvalue weighted by atomic mass is 19.2. The van der Waals surface area contributed by atoms with Crippen molar-refractivity contribution in [2.75, 3.05) is 13.1 Å². The Morgan fingerprint density at radius 2 is 1.95 bits per heavy atom. The lowest BCUT2D eigenvalue weighted by atomic mass is 10.1. The molecule has 1 rings (SSSR count). The quantitative estimate of drug-likeness (QED) is 0.833. The van der Waals surface area contributed by atoms with E-state index in [4.69, 9.17) is 0 Å². The molecule has 5 heteroatoms. The van der Waals surface area contributed by atoms with Crippen LogP contribution < -0.4 is 10.6 Å². The molecule has 0 heterocycles. The summed E-state index contributed by atoms with van der Waals surface area (Å²) >= 11 is 0. The van der Waals surface area contributed by atoms with Gasteiger partial charge in [0.15, 0.2) is 11.6 Å². The number of hydrogen-bond donors (Lipinski definition) is 2. The zero-order valence-electron chi connectivity index (χ0n) is 11.5. The summed E-state index contributed by atoms with van der Waals surface area (Å²) in [4.78, 5) is 11.5. The van der Waals surface area contributed by atoms with Crippen molar-refractivity contribution in [3.05, 3.63) is 35.4 Å². The normalized spacial score (nSPS) is 12.5. The topological polar surface area (TPSA) is 41.1 Å². The Kier molecular flexibility index (Phi) is 5.89. The lowest BCUT2D eigenvalue weighted by Crippen LogP contribution is -2.36. The van der Waals surface area contributed by atoms with E-state index in [2.05, 4.69) is 10.6 Å². The fraction of sp³-hybridized carbons (Fsp3) is 0.500. The number of hydrogen-bond acceptors (Lipinski definition) is 2. The van der Waals surface area contributed by atoms with Crippen molar-refractivity contribution >= 4 is 5.91 Å². The molecule has 106 valence electrons. The second-order valence-corrected chi connectivity index (χ2v) is 4.94. The molecular weight excluding hydrogens is 250 g/mol. The van der Waals surface area contributed by atoms with Gasteiger partial charge in [-0.3, -0.25) is 4.79 Å². The van der Waals surface area contributed by atoms with E-state index in [1.165, 1.54) is 12.1 Å². The van der Waals surface area contributed by atoms with Gasteiger partial charge in [0.05, 0.1) is 6.54 Å². The predicted molar refractivity (Wildman–Crippen MR) is 70.6 cm³/mol. The summed E-state index contributed by atoms with van der Waals surface area (Å²) in [6, 6.07) is 3.59. The molecule has 0 aliphatic carbocycles. The molecule has 1 unspecified atom stereocenters. The van der Waals surface area contributed by atoms with Gasteiger partial charge in [-0.2, -0.15) is 0 Å². The van der Waals surface area contributed by atoms with Crippen LogP contribution in [0.15, 0.2) is 18.2 Å². The van der Waals surface area contributed by atoms with Crippen LogP contribution in [-0.2, 0) is 4.79 Å². The minimum atomic E-state index is -0.879. The Hall–Kier alpha value is -1.49. The average Bonchev–Trinajstić information content (AvgIpc) is 2.36. The fourth-order valence-corrected chi connectivity index (χ4v) is 1.59. The zero-order chi connectivity index (χ0) is 14.4. The largest absolute Gasteiger partial charge is 0.355 e. The van der Waals surface area contributed by atoms with Gasteiger partial charge in [0.25, 0.3) is 0 Å². The first-order chi connectivity index (χ1) is 8.91. The van der Waals surface area contributed by atoms with E-state index in [1.54, 1.807) is 6.92 Å². The van der Waals surface area contributed by atoms with E-state index in [1.807, 2.05) is 13.8 Å². The van der Waals surface area contributed by atoms with Crippen LogP contribution in [0.5, 0.6) is 0 Å². The highest BCUT2D eigenvalue weighted by Crippen LogP contribution is 2.18. The van der Waals surface area contributed by atoms with Gasteiger partial charge in [-0.05, 0) is 18.9 Å². The average molecular weight is 270 g/mol. The molecule has 3 nitrogen and oxygen atoms in total. The molecule has 0 aliphatic rings. The maximum atomic E-state index is 13.5. The van der Waals surface area contributed by atoms with E-state index >= 15 is 0 Å². The first-order valence-electron chi connectivity index (χ1n) is 6.35. The van der Waals surface area contributed by atoms with Gasteiger partial charge in [-0.25, -0.2) is 8.78 Å². The summed E-state index contributed by atoms with van der Waals surface area (Å²) in [5.74, 6) is -1.53. The number of amides is 1. The molecule has 0 radical (unpaired) electrons. The third-order valence-corrected chi connectivity index (χ3v) is 2.72. The highest BCUT2D eigenvalue weighted by molar-refractivity contribution is 5.78. The number of halogens is 2. The maximum absolute atomic E-state index is 13.5. The summed E-state index contributed by atoms with van der Waals surface area (Å²) < 4.78 is 26.6. The molecule has 0 saturated heterocycles. The van der Waals surface area contributed by atoms with Crippen molar-refractivity contribution in [2.24, 2.45) is 5.92 Å². The maximum Gasteiger partial charge on any atom is 0.233 e. The SMILES string of the molecule is CC(C)CNC(=O)CNC(C)c1cccc(F)c1F. The van der Waals surface area contributed by atoms with Crippen molar-refractivity contribution in [2.45, 2.75) is 26.8 Å². The number of nitrogens with one attached hydrogen (secondary N) is 2. The minimum Gasteiger partial charge on any atom is -0.355 e. The van der Waals surface area contributed by atoms with Gasteiger partial charge in [-0.1, -0.05) is 26.0 Å². The Labute approximate surface area is 112 Å². The van der Waals surface area contributed by atoms with E-state index in [0.717, 1.165) is 6.07 Å². The molecule has 0 spiro atoms. The molecule has 0 bridgehead atoms. The summed E-state index contributed by atoms with van der Waals surface area (Å²) in [7, 11) is 0. The molecular formula is C14H20F2N2O. The standard InChI is InChI=1S/C14H20F2N2O/c1-9(2)7-18-13(19)8-17-10(3)11-5-4-6-12(15)14(11)16/h4-6,9-10,17H,7-8H2,1-3H3,(H,18,19). The van der Waals surface area contributed by atoms with E-state index in [-0.39, 0.29) is 18.0 Å². The van der Waals surface area contributed by atoms with E-state index in [9.17, 15) is 13.6 Å². The third-order valence-electron chi connectivity index (χ3n) is 2.72. The van der Waals surface area contributed by atoms with Crippen molar-refractivity contribution < 1.29 is 13.6 Å². The van der Waals surface area contributed by atoms with Crippen molar-refractivity contribution in [1.29, 1.82) is 0 Å². The number of benzene rings is 1. The Morgan fingerprint density at radius 3 is 2.58 bits per heavy atom. The zero-order valence-corrected chi connectivity index (χ0v) is 11.5.